The summed E-state index contributed by atoms with van der Waals surface area (Å²) in [6.45, 7) is 0.158. The Hall–Kier alpha value is -3.35. The first kappa shape index (κ1) is 20.0. The normalized spacial score (nSPS) is 9.96. The zero-order valence-corrected chi connectivity index (χ0v) is 15.2. The minimum atomic E-state index is -0.240. The van der Waals surface area contributed by atoms with Crippen LogP contribution >= 0.6 is 0 Å². The van der Waals surface area contributed by atoms with Gasteiger partial charge in [-0.15, -0.1) is 0 Å². The van der Waals surface area contributed by atoms with Crippen molar-refractivity contribution in [2.24, 2.45) is 0 Å². The van der Waals surface area contributed by atoms with Gasteiger partial charge in [0.1, 0.15) is 5.75 Å². The van der Waals surface area contributed by atoms with E-state index < -0.39 is 0 Å². The molecular weight excluding hydrogens is 346 g/mol. The molecule has 3 N–H and O–H groups in total. The lowest BCUT2D eigenvalue weighted by atomic mass is 10.1. The van der Waals surface area contributed by atoms with E-state index in [1.165, 1.54) is 7.05 Å². The third kappa shape index (κ3) is 7.60. The molecule has 0 aliphatic rings. The molecule has 0 aliphatic carbocycles. The molecule has 0 spiro atoms. The lowest BCUT2D eigenvalue weighted by Gasteiger charge is -2.09. The van der Waals surface area contributed by atoms with Crippen molar-refractivity contribution in [1.82, 2.24) is 10.6 Å². The van der Waals surface area contributed by atoms with E-state index in [9.17, 15) is 14.4 Å². The molecule has 3 amide bonds. The van der Waals surface area contributed by atoms with Crippen molar-refractivity contribution in [3.63, 3.8) is 0 Å². The molecule has 0 fully saturated rings. The van der Waals surface area contributed by atoms with Crippen molar-refractivity contribution in [2.75, 3.05) is 25.5 Å². The van der Waals surface area contributed by atoms with Crippen molar-refractivity contribution in [2.45, 2.75) is 12.8 Å². The fourth-order valence-electron chi connectivity index (χ4n) is 2.27. The highest BCUT2D eigenvalue weighted by atomic mass is 16.5. The highest BCUT2D eigenvalue weighted by Gasteiger charge is 2.07. The Morgan fingerprint density at radius 2 is 1.70 bits per heavy atom. The van der Waals surface area contributed by atoms with Crippen LogP contribution in [0.25, 0.3) is 0 Å². The molecule has 2 aromatic rings. The smallest absolute Gasteiger partial charge is 0.257 e. The van der Waals surface area contributed by atoms with E-state index in [1.807, 2.05) is 30.3 Å². The van der Waals surface area contributed by atoms with E-state index in [0.717, 1.165) is 5.56 Å². The number of likely N-dealkylation sites (N-methyl/N-ethyl adjacent to an activating group) is 1. The third-order valence-corrected chi connectivity index (χ3v) is 3.65. The minimum Gasteiger partial charge on any atom is -0.484 e. The molecule has 2 aromatic carbocycles. The number of hydrogen-bond acceptors (Lipinski definition) is 4. The molecule has 0 heterocycles. The summed E-state index contributed by atoms with van der Waals surface area (Å²) in [4.78, 5) is 35.1. The summed E-state index contributed by atoms with van der Waals surface area (Å²) in [7, 11) is 1.53. The second-order valence-corrected chi connectivity index (χ2v) is 5.80. The van der Waals surface area contributed by atoms with Crippen LogP contribution in [0.4, 0.5) is 5.69 Å². The van der Waals surface area contributed by atoms with E-state index in [0.29, 0.717) is 11.4 Å². The first-order valence-corrected chi connectivity index (χ1v) is 8.60. The van der Waals surface area contributed by atoms with Gasteiger partial charge in [0.05, 0.1) is 6.42 Å². The Labute approximate surface area is 158 Å². The number of rotatable bonds is 9. The van der Waals surface area contributed by atoms with Crippen LogP contribution in [0.5, 0.6) is 5.75 Å². The van der Waals surface area contributed by atoms with Crippen molar-refractivity contribution >= 4 is 23.4 Å². The van der Waals surface area contributed by atoms with Gasteiger partial charge in [0.25, 0.3) is 5.91 Å². The molecule has 0 atom stereocenters. The maximum Gasteiger partial charge on any atom is 0.257 e. The molecule has 7 nitrogen and oxygen atoms in total. The van der Waals surface area contributed by atoms with Gasteiger partial charge in [0.15, 0.2) is 6.61 Å². The van der Waals surface area contributed by atoms with Gasteiger partial charge in [-0.3, -0.25) is 14.4 Å². The van der Waals surface area contributed by atoms with Gasteiger partial charge >= 0.3 is 0 Å². The summed E-state index contributed by atoms with van der Waals surface area (Å²) in [5, 5.41) is 7.93. The molecule has 0 aliphatic heterocycles. The predicted octanol–water partition coefficient (Wildman–Crippen LogP) is 1.50. The fourth-order valence-corrected chi connectivity index (χ4v) is 2.27. The maximum absolute atomic E-state index is 12.0. The minimum absolute atomic E-state index is 0.0959. The molecule has 0 bridgehead atoms. The van der Waals surface area contributed by atoms with Crippen LogP contribution in [0.2, 0.25) is 0 Å². The molecule has 0 aromatic heterocycles. The molecule has 0 radical (unpaired) electrons. The molecule has 0 saturated carbocycles. The standard InChI is InChI=1S/C20H23N3O4/c1-21-20(26)14-27-17-9-5-8-16(13-17)23-18(24)10-11-22-19(25)12-15-6-3-2-4-7-15/h2-9,13H,10-12,14H2,1H3,(H,21,26)(H,22,25)(H,23,24). The van der Waals surface area contributed by atoms with Crippen LogP contribution in [0, 0.1) is 0 Å². The van der Waals surface area contributed by atoms with Gasteiger partial charge in [0, 0.05) is 31.8 Å². The summed E-state index contributed by atoms with van der Waals surface area (Å²) < 4.78 is 5.33. The van der Waals surface area contributed by atoms with Crippen LogP contribution in [-0.2, 0) is 20.8 Å². The first-order chi connectivity index (χ1) is 13.1. The largest absolute Gasteiger partial charge is 0.484 e. The van der Waals surface area contributed by atoms with Crippen LogP contribution in [0.15, 0.2) is 54.6 Å². The average molecular weight is 369 g/mol. The molecule has 27 heavy (non-hydrogen) atoms. The van der Waals surface area contributed by atoms with Crippen LogP contribution in [-0.4, -0.2) is 37.9 Å². The number of hydrogen-bond donors (Lipinski definition) is 3. The van der Waals surface area contributed by atoms with Crippen molar-refractivity contribution in [1.29, 1.82) is 0 Å². The van der Waals surface area contributed by atoms with Crippen molar-refractivity contribution in [3.05, 3.63) is 60.2 Å². The number of anilines is 1. The Morgan fingerprint density at radius 1 is 0.926 bits per heavy atom. The number of carbonyl (C=O) groups is 3. The molecular formula is C20H23N3O4. The van der Waals surface area contributed by atoms with Gasteiger partial charge in [-0.05, 0) is 17.7 Å². The highest BCUT2D eigenvalue weighted by Crippen LogP contribution is 2.17. The van der Waals surface area contributed by atoms with E-state index in [-0.39, 0.29) is 43.7 Å². The van der Waals surface area contributed by atoms with Crippen LogP contribution in [0.1, 0.15) is 12.0 Å². The Morgan fingerprint density at radius 3 is 2.44 bits per heavy atom. The molecule has 0 saturated heterocycles. The third-order valence-electron chi connectivity index (χ3n) is 3.65. The number of nitrogens with one attached hydrogen (secondary N) is 3. The molecule has 0 unspecified atom stereocenters. The van der Waals surface area contributed by atoms with Crippen LogP contribution in [0.3, 0.4) is 0 Å². The molecule has 2 rings (SSSR count). The second kappa shape index (κ2) is 10.6. The van der Waals surface area contributed by atoms with Gasteiger partial charge < -0.3 is 20.7 Å². The van der Waals surface area contributed by atoms with E-state index >= 15 is 0 Å². The summed E-state index contributed by atoms with van der Waals surface area (Å²) in [5.41, 5.74) is 1.48. The quantitative estimate of drug-likeness (QED) is 0.624. The van der Waals surface area contributed by atoms with E-state index in [4.69, 9.17) is 4.74 Å². The number of carbonyl (C=O) groups excluding carboxylic acids is 3. The van der Waals surface area contributed by atoms with Crippen LogP contribution < -0.4 is 20.7 Å². The predicted molar refractivity (Wildman–Crippen MR) is 102 cm³/mol. The number of ether oxygens (including phenoxy) is 1. The first-order valence-electron chi connectivity index (χ1n) is 8.60. The molecule has 142 valence electrons. The Bertz CT molecular complexity index is 778. The van der Waals surface area contributed by atoms with E-state index in [1.54, 1.807) is 24.3 Å². The fraction of sp³-hybridized carbons (Fsp3) is 0.250. The van der Waals surface area contributed by atoms with Gasteiger partial charge in [-0.2, -0.15) is 0 Å². The highest BCUT2D eigenvalue weighted by molar-refractivity contribution is 5.91. The zero-order chi connectivity index (χ0) is 19.5. The number of amides is 3. The topological polar surface area (TPSA) is 96.5 Å². The Balaban J connectivity index is 1.72. The lowest BCUT2D eigenvalue weighted by Crippen LogP contribution is -2.28. The Kier molecular flexibility index (Phi) is 7.84. The van der Waals surface area contributed by atoms with Gasteiger partial charge in [-0.25, -0.2) is 0 Å². The van der Waals surface area contributed by atoms with Crippen molar-refractivity contribution in [3.8, 4) is 5.75 Å². The summed E-state index contributed by atoms with van der Waals surface area (Å²) in [6, 6.07) is 16.2. The second-order valence-electron chi connectivity index (χ2n) is 5.80. The lowest BCUT2D eigenvalue weighted by molar-refractivity contribution is -0.123. The summed E-state index contributed by atoms with van der Waals surface area (Å²) in [6.07, 6.45) is 0.442. The molecule has 7 heteroatoms. The monoisotopic (exact) mass is 369 g/mol. The maximum atomic E-state index is 12.0. The van der Waals surface area contributed by atoms with E-state index in [2.05, 4.69) is 16.0 Å². The summed E-state index contributed by atoms with van der Waals surface area (Å²) >= 11 is 0. The average Bonchev–Trinajstić information content (AvgIpc) is 2.67. The SMILES string of the molecule is CNC(=O)COc1cccc(NC(=O)CCNC(=O)Cc2ccccc2)c1. The summed E-state index contributed by atoms with van der Waals surface area (Å²) in [5.74, 6) is -0.111. The number of benzene rings is 2. The van der Waals surface area contributed by atoms with Crippen molar-refractivity contribution < 1.29 is 19.1 Å². The zero-order valence-electron chi connectivity index (χ0n) is 15.2. The van der Waals surface area contributed by atoms with Gasteiger partial charge in [0.2, 0.25) is 11.8 Å². The van der Waals surface area contributed by atoms with Gasteiger partial charge in [-0.1, -0.05) is 36.4 Å².